The molecular weight excluding hydrogens is 310 g/mol. The smallest absolute Gasteiger partial charge is 0.255 e. The highest BCUT2D eigenvalue weighted by Crippen LogP contribution is 2.19. The van der Waals surface area contributed by atoms with Gasteiger partial charge in [0.25, 0.3) is 5.91 Å². The Bertz CT molecular complexity index is 924. The van der Waals surface area contributed by atoms with Gasteiger partial charge in [0, 0.05) is 25.0 Å². The fourth-order valence-corrected chi connectivity index (χ4v) is 2.64. The van der Waals surface area contributed by atoms with Crippen LogP contribution in [0.4, 0.5) is 8.78 Å². The molecule has 0 bridgehead atoms. The summed E-state index contributed by atoms with van der Waals surface area (Å²) >= 11 is 0. The maximum absolute atomic E-state index is 13.3. The van der Waals surface area contributed by atoms with E-state index < -0.39 is 0 Å². The average molecular weight is 326 g/mol. The number of aryl methyl sites for hydroxylation is 1. The van der Waals surface area contributed by atoms with Crippen LogP contribution >= 0.6 is 0 Å². The Hall–Kier alpha value is -2.82. The number of aromatic nitrogens is 1. The Labute approximate surface area is 138 Å². The summed E-state index contributed by atoms with van der Waals surface area (Å²) in [7, 11) is 1.65. The second-order valence-electron chi connectivity index (χ2n) is 5.75. The third kappa shape index (κ3) is 3.25. The van der Waals surface area contributed by atoms with Gasteiger partial charge in [-0.2, -0.15) is 0 Å². The number of carbonyl (C=O) groups excluding carboxylic acids is 1. The number of benzene rings is 2. The van der Waals surface area contributed by atoms with Crippen molar-refractivity contribution in [3.63, 3.8) is 0 Å². The summed E-state index contributed by atoms with van der Waals surface area (Å²) in [6.45, 7) is 2.01. The maximum Gasteiger partial charge on any atom is 0.255 e. The molecule has 2 aromatic carbocycles. The van der Waals surface area contributed by atoms with Gasteiger partial charge in [0.1, 0.15) is 11.6 Å². The fraction of sp³-hybridized carbons (Fsp3) is 0.158. The molecule has 122 valence electrons. The van der Waals surface area contributed by atoms with E-state index in [1.807, 2.05) is 0 Å². The lowest BCUT2D eigenvalue weighted by molar-refractivity contribution is 0.0784. The summed E-state index contributed by atoms with van der Waals surface area (Å²) in [6.07, 6.45) is 0. The first-order valence-electron chi connectivity index (χ1n) is 7.51. The van der Waals surface area contributed by atoms with Gasteiger partial charge in [0.15, 0.2) is 0 Å². The maximum atomic E-state index is 13.3. The van der Waals surface area contributed by atoms with Crippen LogP contribution in [0.25, 0.3) is 10.9 Å². The van der Waals surface area contributed by atoms with Crippen molar-refractivity contribution in [1.82, 2.24) is 9.88 Å². The molecule has 1 heterocycles. The zero-order chi connectivity index (χ0) is 17.3. The van der Waals surface area contributed by atoms with Crippen molar-refractivity contribution in [3.8, 4) is 0 Å². The van der Waals surface area contributed by atoms with E-state index in [4.69, 9.17) is 0 Å². The van der Waals surface area contributed by atoms with Crippen molar-refractivity contribution >= 4 is 16.8 Å². The van der Waals surface area contributed by atoms with E-state index in [-0.39, 0.29) is 24.1 Å². The van der Waals surface area contributed by atoms with E-state index in [0.717, 1.165) is 0 Å². The highest BCUT2D eigenvalue weighted by molar-refractivity contribution is 5.98. The zero-order valence-corrected chi connectivity index (χ0v) is 13.4. The number of rotatable bonds is 3. The largest absolute Gasteiger partial charge is 0.337 e. The van der Waals surface area contributed by atoms with Crippen LogP contribution in [0, 0.1) is 18.6 Å². The van der Waals surface area contributed by atoms with Crippen LogP contribution in [0.3, 0.4) is 0 Å². The molecule has 0 spiro atoms. The van der Waals surface area contributed by atoms with E-state index in [1.165, 1.54) is 29.2 Å². The van der Waals surface area contributed by atoms with E-state index >= 15 is 0 Å². The molecule has 0 aliphatic rings. The number of halogens is 2. The van der Waals surface area contributed by atoms with Crippen molar-refractivity contribution in [2.45, 2.75) is 13.5 Å². The molecule has 0 radical (unpaired) electrons. The summed E-state index contributed by atoms with van der Waals surface area (Å²) < 4.78 is 26.6. The van der Waals surface area contributed by atoms with Crippen LogP contribution in [-0.2, 0) is 6.54 Å². The predicted octanol–water partition coefficient (Wildman–Crippen LogP) is 4.09. The molecule has 0 aliphatic heterocycles. The molecule has 0 fully saturated rings. The molecule has 0 N–H and O–H groups in total. The summed E-state index contributed by atoms with van der Waals surface area (Å²) in [5, 5.41) is 0.699. The van der Waals surface area contributed by atoms with E-state index in [1.54, 1.807) is 38.2 Å². The predicted molar refractivity (Wildman–Crippen MR) is 88.6 cm³/mol. The summed E-state index contributed by atoms with van der Waals surface area (Å²) in [4.78, 5) is 18.5. The van der Waals surface area contributed by atoms with E-state index in [0.29, 0.717) is 27.7 Å². The Morgan fingerprint density at radius 1 is 1.08 bits per heavy atom. The van der Waals surface area contributed by atoms with Gasteiger partial charge in [-0.1, -0.05) is 12.1 Å². The van der Waals surface area contributed by atoms with Crippen LogP contribution in [0.2, 0.25) is 0 Å². The summed E-state index contributed by atoms with van der Waals surface area (Å²) in [5.74, 6) is -0.911. The van der Waals surface area contributed by atoms with E-state index in [9.17, 15) is 13.6 Å². The molecule has 3 rings (SSSR count). The average Bonchev–Trinajstić information content (AvgIpc) is 2.53. The minimum atomic E-state index is -0.364. The Morgan fingerprint density at radius 2 is 1.83 bits per heavy atom. The minimum Gasteiger partial charge on any atom is -0.337 e. The molecule has 0 saturated carbocycles. The number of fused-ring (bicyclic) bond motifs is 1. The second kappa shape index (κ2) is 6.35. The standard InChI is InChI=1S/C19H16F2N2O/c1-12-17(9-14-6-7-16(21)10-18(14)22-12)19(24)23(2)11-13-4-3-5-15(20)8-13/h3-10H,11H2,1-2H3. The molecule has 1 aromatic heterocycles. The van der Waals surface area contributed by atoms with Crippen molar-refractivity contribution in [2.75, 3.05) is 7.05 Å². The first-order valence-corrected chi connectivity index (χ1v) is 7.51. The lowest BCUT2D eigenvalue weighted by Gasteiger charge is -2.18. The lowest BCUT2D eigenvalue weighted by atomic mass is 10.1. The van der Waals surface area contributed by atoms with Gasteiger partial charge in [-0.25, -0.2) is 8.78 Å². The molecule has 3 nitrogen and oxygen atoms in total. The third-order valence-corrected chi connectivity index (χ3v) is 3.86. The van der Waals surface area contributed by atoms with Gasteiger partial charge in [-0.3, -0.25) is 9.78 Å². The fourth-order valence-electron chi connectivity index (χ4n) is 2.64. The van der Waals surface area contributed by atoms with Crippen molar-refractivity contribution in [3.05, 3.63) is 77.0 Å². The van der Waals surface area contributed by atoms with Gasteiger partial charge in [-0.15, -0.1) is 0 Å². The highest BCUT2D eigenvalue weighted by atomic mass is 19.1. The summed E-state index contributed by atoms with van der Waals surface area (Å²) in [6, 6.07) is 12.1. The number of amides is 1. The van der Waals surface area contributed by atoms with Gasteiger partial charge in [-0.05, 0) is 42.8 Å². The van der Waals surface area contributed by atoms with Crippen LogP contribution in [-0.4, -0.2) is 22.8 Å². The van der Waals surface area contributed by atoms with Gasteiger partial charge in [0.05, 0.1) is 16.8 Å². The van der Waals surface area contributed by atoms with Crippen molar-refractivity contribution in [1.29, 1.82) is 0 Å². The SMILES string of the molecule is Cc1nc2cc(F)ccc2cc1C(=O)N(C)Cc1cccc(F)c1. The van der Waals surface area contributed by atoms with E-state index in [2.05, 4.69) is 4.98 Å². The van der Waals surface area contributed by atoms with Crippen molar-refractivity contribution < 1.29 is 13.6 Å². The molecule has 3 aromatic rings. The van der Waals surface area contributed by atoms with Gasteiger partial charge >= 0.3 is 0 Å². The van der Waals surface area contributed by atoms with Crippen LogP contribution < -0.4 is 0 Å². The molecule has 5 heteroatoms. The van der Waals surface area contributed by atoms with Gasteiger partial charge in [0.2, 0.25) is 0 Å². The van der Waals surface area contributed by atoms with Crippen LogP contribution in [0.1, 0.15) is 21.6 Å². The van der Waals surface area contributed by atoms with Crippen molar-refractivity contribution in [2.24, 2.45) is 0 Å². The Balaban J connectivity index is 1.90. The van der Waals surface area contributed by atoms with Crippen LogP contribution in [0.5, 0.6) is 0 Å². The Kier molecular flexibility index (Phi) is 4.25. The summed E-state index contributed by atoms with van der Waals surface area (Å²) in [5.41, 5.74) is 2.20. The molecule has 0 unspecified atom stereocenters. The number of carbonyl (C=O) groups is 1. The van der Waals surface area contributed by atoms with Crippen LogP contribution in [0.15, 0.2) is 48.5 Å². The number of nitrogens with zero attached hydrogens (tertiary/aromatic N) is 2. The number of hydrogen-bond acceptors (Lipinski definition) is 2. The molecule has 0 atom stereocenters. The zero-order valence-electron chi connectivity index (χ0n) is 13.4. The lowest BCUT2D eigenvalue weighted by Crippen LogP contribution is -2.27. The second-order valence-corrected chi connectivity index (χ2v) is 5.75. The normalized spacial score (nSPS) is 10.8. The number of pyridine rings is 1. The molecule has 24 heavy (non-hydrogen) atoms. The topological polar surface area (TPSA) is 33.2 Å². The number of hydrogen-bond donors (Lipinski definition) is 0. The Morgan fingerprint density at radius 3 is 2.58 bits per heavy atom. The third-order valence-electron chi connectivity index (χ3n) is 3.86. The first-order chi connectivity index (χ1) is 11.4. The highest BCUT2D eigenvalue weighted by Gasteiger charge is 2.16. The molecule has 0 aliphatic carbocycles. The minimum absolute atomic E-state index is 0.213. The molecule has 0 saturated heterocycles. The molecular formula is C19H16F2N2O. The first kappa shape index (κ1) is 16.1. The molecule has 1 amide bonds. The monoisotopic (exact) mass is 326 g/mol. The quantitative estimate of drug-likeness (QED) is 0.726. The van der Waals surface area contributed by atoms with Gasteiger partial charge < -0.3 is 4.90 Å².